The van der Waals surface area contributed by atoms with Crippen LogP contribution in [0.25, 0.3) is 0 Å². The molecule has 2 aliphatic heterocycles. The Balaban J connectivity index is 2.00. The number of ether oxygens (including phenoxy) is 1. The minimum Gasteiger partial charge on any atom is -0.373 e. The number of hydrogen-bond donors (Lipinski definition) is 0. The summed E-state index contributed by atoms with van der Waals surface area (Å²) in [6.45, 7) is 2.29. The Bertz CT molecular complexity index is 388. The summed E-state index contributed by atoms with van der Waals surface area (Å²) in [6.07, 6.45) is 5.18. The number of rotatable bonds is 0. The lowest BCUT2D eigenvalue weighted by Crippen LogP contribution is -2.39. The van der Waals surface area contributed by atoms with E-state index in [0.717, 1.165) is 17.6 Å². The highest BCUT2D eigenvalue weighted by Gasteiger charge is 2.39. The van der Waals surface area contributed by atoms with E-state index >= 15 is 0 Å². The SMILES string of the molecule is FC1=CC2C(Br)=C3COCCN3C2C=C1. The maximum absolute atomic E-state index is 13.2. The second-order valence-electron chi connectivity index (χ2n) is 3.97. The van der Waals surface area contributed by atoms with Crippen molar-refractivity contribution < 1.29 is 9.13 Å². The van der Waals surface area contributed by atoms with Crippen molar-refractivity contribution >= 4 is 15.9 Å². The Hall–Kier alpha value is -0.610. The van der Waals surface area contributed by atoms with Gasteiger partial charge in [0, 0.05) is 16.9 Å². The van der Waals surface area contributed by atoms with Gasteiger partial charge in [-0.2, -0.15) is 0 Å². The molecule has 2 nitrogen and oxygen atoms in total. The van der Waals surface area contributed by atoms with Gasteiger partial charge in [-0.25, -0.2) is 4.39 Å². The average molecular weight is 272 g/mol. The summed E-state index contributed by atoms with van der Waals surface area (Å²) in [5, 5.41) is 0. The summed E-state index contributed by atoms with van der Waals surface area (Å²) in [5.74, 6) is -0.0127. The Kier molecular flexibility index (Phi) is 2.21. The van der Waals surface area contributed by atoms with Crippen LogP contribution in [0.4, 0.5) is 4.39 Å². The van der Waals surface area contributed by atoms with E-state index < -0.39 is 0 Å². The molecule has 4 heteroatoms. The smallest absolute Gasteiger partial charge is 0.119 e. The highest BCUT2D eigenvalue weighted by Crippen LogP contribution is 2.42. The highest BCUT2D eigenvalue weighted by atomic mass is 79.9. The third-order valence-electron chi connectivity index (χ3n) is 3.15. The summed E-state index contributed by atoms with van der Waals surface area (Å²) < 4.78 is 19.6. The molecule has 2 unspecified atom stereocenters. The first-order chi connectivity index (χ1) is 7.27. The van der Waals surface area contributed by atoms with Crippen molar-refractivity contribution in [2.75, 3.05) is 19.8 Å². The molecule has 2 heterocycles. The number of hydrogen-bond acceptors (Lipinski definition) is 2. The average Bonchev–Trinajstić information content (AvgIpc) is 2.54. The molecule has 3 rings (SSSR count). The van der Waals surface area contributed by atoms with Gasteiger partial charge in [0.05, 0.1) is 25.0 Å². The molecule has 80 valence electrons. The van der Waals surface area contributed by atoms with E-state index in [-0.39, 0.29) is 17.8 Å². The molecule has 3 aliphatic rings. The fraction of sp³-hybridized carbons (Fsp3) is 0.455. The molecular weight excluding hydrogens is 261 g/mol. The second-order valence-corrected chi connectivity index (χ2v) is 4.82. The lowest BCUT2D eigenvalue weighted by Gasteiger charge is -2.33. The number of halogens is 2. The number of fused-ring (bicyclic) bond motifs is 3. The van der Waals surface area contributed by atoms with Crippen molar-refractivity contribution in [3.05, 3.63) is 34.2 Å². The van der Waals surface area contributed by atoms with Gasteiger partial charge in [-0.15, -0.1) is 0 Å². The van der Waals surface area contributed by atoms with Crippen molar-refractivity contribution in [1.82, 2.24) is 4.90 Å². The maximum Gasteiger partial charge on any atom is 0.119 e. The van der Waals surface area contributed by atoms with E-state index in [0.29, 0.717) is 6.61 Å². The highest BCUT2D eigenvalue weighted by molar-refractivity contribution is 9.11. The number of morpholine rings is 1. The summed E-state index contributed by atoms with van der Waals surface area (Å²) in [4.78, 5) is 2.30. The van der Waals surface area contributed by atoms with Gasteiger partial charge in [-0.3, -0.25) is 0 Å². The van der Waals surface area contributed by atoms with Gasteiger partial charge in [-0.1, -0.05) is 22.0 Å². The van der Waals surface area contributed by atoms with Gasteiger partial charge in [0.2, 0.25) is 0 Å². The predicted octanol–water partition coefficient (Wildman–Crippen LogP) is 2.35. The van der Waals surface area contributed by atoms with E-state index in [1.54, 1.807) is 12.2 Å². The van der Waals surface area contributed by atoms with Gasteiger partial charge in [0.15, 0.2) is 0 Å². The molecule has 0 saturated carbocycles. The molecule has 0 amide bonds. The molecule has 1 aliphatic carbocycles. The zero-order valence-electron chi connectivity index (χ0n) is 8.12. The third-order valence-corrected chi connectivity index (χ3v) is 4.14. The monoisotopic (exact) mass is 271 g/mol. The Morgan fingerprint density at radius 2 is 2.40 bits per heavy atom. The fourth-order valence-corrected chi connectivity index (χ4v) is 3.18. The first kappa shape index (κ1) is 9.60. The predicted molar refractivity (Wildman–Crippen MR) is 59.1 cm³/mol. The van der Waals surface area contributed by atoms with E-state index in [4.69, 9.17) is 4.74 Å². The van der Waals surface area contributed by atoms with Gasteiger partial charge in [0.1, 0.15) is 5.83 Å². The molecule has 1 saturated heterocycles. The van der Waals surface area contributed by atoms with Crippen LogP contribution in [0.5, 0.6) is 0 Å². The molecule has 0 aromatic rings. The van der Waals surface area contributed by atoms with E-state index in [1.165, 1.54) is 5.70 Å². The van der Waals surface area contributed by atoms with Gasteiger partial charge in [-0.05, 0) is 12.2 Å². The quantitative estimate of drug-likeness (QED) is 0.671. The first-order valence-corrected chi connectivity index (χ1v) is 5.85. The normalized spacial score (nSPS) is 34.0. The standard InChI is InChI=1S/C11H11BrFNO/c12-11-8-5-7(13)1-2-9(8)14-3-4-15-6-10(11)14/h1-2,5,8-9H,3-4,6H2. The fourth-order valence-electron chi connectivity index (χ4n) is 2.43. The summed E-state index contributed by atoms with van der Waals surface area (Å²) in [7, 11) is 0. The van der Waals surface area contributed by atoms with Gasteiger partial charge >= 0.3 is 0 Å². The minimum atomic E-state index is -0.144. The lowest BCUT2D eigenvalue weighted by molar-refractivity contribution is 0.0681. The van der Waals surface area contributed by atoms with Crippen LogP contribution < -0.4 is 0 Å². The van der Waals surface area contributed by atoms with Crippen molar-refractivity contribution in [2.45, 2.75) is 6.04 Å². The number of nitrogens with zero attached hydrogens (tertiary/aromatic N) is 1. The van der Waals surface area contributed by atoms with Crippen LogP contribution in [-0.2, 0) is 4.74 Å². The van der Waals surface area contributed by atoms with Crippen molar-refractivity contribution in [1.29, 1.82) is 0 Å². The molecule has 0 bridgehead atoms. The lowest BCUT2D eigenvalue weighted by atomic mass is 9.96. The molecule has 0 N–H and O–H groups in total. The second kappa shape index (κ2) is 3.46. The van der Waals surface area contributed by atoms with Crippen LogP contribution in [0, 0.1) is 5.92 Å². The van der Waals surface area contributed by atoms with Crippen LogP contribution in [0.2, 0.25) is 0 Å². The van der Waals surface area contributed by atoms with Gasteiger partial charge < -0.3 is 9.64 Å². The van der Waals surface area contributed by atoms with Crippen LogP contribution >= 0.6 is 15.9 Å². The van der Waals surface area contributed by atoms with Crippen molar-refractivity contribution in [3.63, 3.8) is 0 Å². The summed E-state index contributed by atoms with van der Waals surface area (Å²) in [5.41, 5.74) is 1.17. The number of allylic oxidation sites excluding steroid dienone is 2. The first-order valence-electron chi connectivity index (χ1n) is 5.06. The molecule has 15 heavy (non-hydrogen) atoms. The summed E-state index contributed by atoms with van der Waals surface area (Å²) in [6, 6.07) is 0.276. The molecule has 0 aromatic carbocycles. The zero-order chi connectivity index (χ0) is 10.4. The minimum absolute atomic E-state index is 0.131. The van der Waals surface area contributed by atoms with Crippen molar-refractivity contribution in [3.8, 4) is 0 Å². The topological polar surface area (TPSA) is 12.5 Å². The van der Waals surface area contributed by atoms with E-state index in [9.17, 15) is 4.39 Å². The van der Waals surface area contributed by atoms with Crippen LogP contribution in [-0.4, -0.2) is 30.7 Å². The molecule has 2 atom stereocenters. The van der Waals surface area contributed by atoms with E-state index in [2.05, 4.69) is 20.8 Å². The maximum atomic E-state index is 13.2. The van der Waals surface area contributed by atoms with E-state index in [1.807, 2.05) is 6.08 Å². The molecule has 1 fully saturated rings. The largest absolute Gasteiger partial charge is 0.373 e. The van der Waals surface area contributed by atoms with Crippen LogP contribution in [0.15, 0.2) is 34.2 Å². The molecule has 0 radical (unpaired) electrons. The zero-order valence-corrected chi connectivity index (χ0v) is 9.71. The van der Waals surface area contributed by atoms with Crippen molar-refractivity contribution in [2.24, 2.45) is 5.92 Å². The molecule has 0 spiro atoms. The molecule has 0 aromatic heterocycles. The Morgan fingerprint density at radius 1 is 1.53 bits per heavy atom. The van der Waals surface area contributed by atoms with Gasteiger partial charge in [0.25, 0.3) is 0 Å². The Morgan fingerprint density at radius 3 is 3.27 bits per heavy atom. The molecular formula is C11H11BrFNO. The Labute approximate surface area is 96.2 Å². The summed E-state index contributed by atoms with van der Waals surface area (Å²) >= 11 is 3.56. The van der Waals surface area contributed by atoms with Crippen LogP contribution in [0.3, 0.4) is 0 Å². The van der Waals surface area contributed by atoms with Crippen LogP contribution in [0.1, 0.15) is 0 Å². The third kappa shape index (κ3) is 1.39.